The van der Waals surface area contributed by atoms with Gasteiger partial charge in [0, 0.05) is 32.6 Å². The standard InChI is InChI=1S/C17H22FN3O3/c1-2-21-11-13(10-16(21)23)17(24)20-7-6-19-15(22)9-12-4-3-5-14(18)8-12/h3-5,8,13H,2,6-7,9-11H2,1H3,(H,19,22)(H,20,24)/t13-/m1/s1. The number of carbonyl (C=O) groups is 3. The number of benzene rings is 1. The second-order valence-electron chi connectivity index (χ2n) is 5.78. The second kappa shape index (κ2) is 8.42. The average Bonchev–Trinajstić information content (AvgIpc) is 2.92. The summed E-state index contributed by atoms with van der Waals surface area (Å²) in [5, 5.41) is 5.40. The summed E-state index contributed by atoms with van der Waals surface area (Å²) in [4.78, 5) is 37.0. The molecule has 1 aliphatic heterocycles. The molecule has 1 heterocycles. The van der Waals surface area contributed by atoms with Crippen LogP contribution >= 0.6 is 0 Å². The quantitative estimate of drug-likeness (QED) is 0.711. The van der Waals surface area contributed by atoms with Crippen LogP contribution in [0, 0.1) is 11.7 Å². The van der Waals surface area contributed by atoms with Crippen LogP contribution in [0.3, 0.4) is 0 Å². The molecule has 2 N–H and O–H groups in total. The highest BCUT2D eigenvalue weighted by Crippen LogP contribution is 2.17. The van der Waals surface area contributed by atoms with E-state index in [0.717, 1.165) is 0 Å². The Morgan fingerprint density at radius 3 is 2.71 bits per heavy atom. The second-order valence-corrected chi connectivity index (χ2v) is 5.78. The third-order valence-electron chi connectivity index (χ3n) is 3.97. The molecular weight excluding hydrogens is 313 g/mol. The van der Waals surface area contributed by atoms with Crippen molar-refractivity contribution in [1.29, 1.82) is 0 Å². The topological polar surface area (TPSA) is 78.5 Å². The number of nitrogens with one attached hydrogen (secondary N) is 2. The summed E-state index contributed by atoms with van der Waals surface area (Å²) in [6.07, 6.45) is 0.333. The summed E-state index contributed by atoms with van der Waals surface area (Å²) in [5.41, 5.74) is 0.598. The zero-order valence-electron chi connectivity index (χ0n) is 13.7. The first-order valence-corrected chi connectivity index (χ1v) is 8.06. The van der Waals surface area contributed by atoms with Crippen LogP contribution in [0.1, 0.15) is 18.9 Å². The Labute approximate surface area is 140 Å². The monoisotopic (exact) mass is 335 g/mol. The van der Waals surface area contributed by atoms with E-state index < -0.39 is 0 Å². The minimum Gasteiger partial charge on any atom is -0.354 e. The van der Waals surface area contributed by atoms with Gasteiger partial charge < -0.3 is 15.5 Å². The van der Waals surface area contributed by atoms with Gasteiger partial charge in [-0.1, -0.05) is 12.1 Å². The molecule has 2 rings (SSSR count). The molecular formula is C17H22FN3O3. The number of nitrogens with zero attached hydrogens (tertiary/aromatic N) is 1. The molecule has 0 aromatic heterocycles. The molecule has 1 atom stereocenters. The molecule has 0 aliphatic carbocycles. The smallest absolute Gasteiger partial charge is 0.225 e. The first-order valence-electron chi connectivity index (χ1n) is 8.06. The molecule has 0 unspecified atom stereocenters. The molecule has 1 aromatic carbocycles. The summed E-state index contributed by atoms with van der Waals surface area (Å²) in [6.45, 7) is 3.53. The van der Waals surface area contributed by atoms with Crippen LogP contribution in [0.2, 0.25) is 0 Å². The van der Waals surface area contributed by atoms with Crippen LogP contribution in [0.4, 0.5) is 4.39 Å². The highest BCUT2D eigenvalue weighted by molar-refractivity contribution is 5.89. The zero-order chi connectivity index (χ0) is 17.5. The van der Waals surface area contributed by atoms with Gasteiger partial charge >= 0.3 is 0 Å². The molecule has 3 amide bonds. The van der Waals surface area contributed by atoms with Crippen molar-refractivity contribution in [3.05, 3.63) is 35.6 Å². The maximum atomic E-state index is 13.0. The van der Waals surface area contributed by atoms with Gasteiger partial charge in [-0.25, -0.2) is 4.39 Å². The van der Waals surface area contributed by atoms with Crippen LogP contribution in [0.5, 0.6) is 0 Å². The molecule has 1 aliphatic rings. The Morgan fingerprint density at radius 1 is 1.29 bits per heavy atom. The molecule has 1 aromatic rings. The van der Waals surface area contributed by atoms with Crippen LogP contribution < -0.4 is 10.6 Å². The maximum absolute atomic E-state index is 13.0. The largest absolute Gasteiger partial charge is 0.354 e. The van der Waals surface area contributed by atoms with Crippen LogP contribution in [-0.4, -0.2) is 48.8 Å². The lowest BCUT2D eigenvalue weighted by molar-refractivity contribution is -0.128. The van der Waals surface area contributed by atoms with Gasteiger partial charge in [0.2, 0.25) is 17.7 Å². The van der Waals surface area contributed by atoms with Crippen molar-refractivity contribution in [2.75, 3.05) is 26.2 Å². The van der Waals surface area contributed by atoms with Crippen molar-refractivity contribution in [2.45, 2.75) is 19.8 Å². The van der Waals surface area contributed by atoms with E-state index >= 15 is 0 Å². The lowest BCUT2D eigenvalue weighted by Gasteiger charge is -2.13. The summed E-state index contributed by atoms with van der Waals surface area (Å²) in [5.74, 6) is -1.09. The molecule has 24 heavy (non-hydrogen) atoms. The van der Waals surface area contributed by atoms with Crippen molar-refractivity contribution in [3.8, 4) is 0 Å². The maximum Gasteiger partial charge on any atom is 0.225 e. The highest BCUT2D eigenvalue weighted by atomic mass is 19.1. The zero-order valence-corrected chi connectivity index (χ0v) is 13.7. The number of hydrogen-bond acceptors (Lipinski definition) is 3. The van der Waals surface area contributed by atoms with E-state index in [9.17, 15) is 18.8 Å². The fraction of sp³-hybridized carbons (Fsp3) is 0.471. The lowest BCUT2D eigenvalue weighted by Crippen LogP contribution is -2.38. The van der Waals surface area contributed by atoms with Crippen LogP contribution in [0.25, 0.3) is 0 Å². The molecule has 0 bridgehead atoms. The number of rotatable bonds is 7. The summed E-state index contributed by atoms with van der Waals surface area (Å²) in [7, 11) is 0. The Kier molecular flexibility index (Phi) is 6.28. The van der Waals surface area contributed by atoms with Gasteiger partial charge in [-0.2, -0.15) is 0 Å². The molecule has 130 valence electrons. The summed E-state index contributed by atoms with van der Waals surface area (Å²) < 4.78 is 13.0. The van der Waals surface area contributed by atoms with E-state index in [1.807, 2.05) is 6.92 Å². The first-order chi connectivity index (χ1) is 11.5. The predicted octanol–water partition coefficient (Wildman–Crippen LogP) is 0.469. The Morgan fingerprint density at radius 2 is 2.04 bits per heavy atom. The Bertz CT molecular complexity index is 621. The van der Waals surface area contributed by atoms with E-state index in [1.165, 1.54) is 12.1 Å². The first kappa shape index (κ1) is 17.9. The molecule has 7 heteroatoms. The lowest BCUT2D eigenvalue weighted by atomic mass is 10.1. The molecule has 1 saturated heterocycles. The van der Waals surface area contributed by atoms with Crippen molar-refractivity contribution in [1.82, 2.24) is 15.5 Å². The van der Waals surface area contributed by atoms with E-state index in [1.54, 1.807) is 17.0 Å². The number of hydrogen-bond donors (Lipinski definition) is 2. The minimum absolute atomic E-state index is 0.000969. The summed E-state index contributed by atoms with van der Waals surface area (Å²) in [6, 6.07) is 5.88. The van der Waals surface area contributed by atoms with E-state index in [2.05, 4.69) is 10.6 Å². The van der Waals surface area contributed by atoms with E-state index in [4.69, 9.17) is 0 Å². The van der Waals surface area contributed by atoms with Gasteiger partial charge in [-0.15, -0.1) is 0 Å². The van der Waals surface area contributed by atoms with Crippen molar-refractivity contribution < 1.29 is 18.8 Å². The van der Waals surface area contributed by atoms with E-state index in [-0.39, 0.29) is 48.8 Å². The van der Waals surface area contributed by atoms with Crippen LogP contribution in [-0.2, 0) is 20.8 Å². The van der Waals surface area contributed by atoms with Crippen molar-refractivity contribution in [2.24, 2.45) is 5.92 Å². The normalized spacial score (nSPS) is 17.0. The molecule has 0 spiro atoms. The molecule has 0 radical (unpaired) electrons. The number of amides is 3. The Hall–Kier alpha value is -2.44. The SMILES string of the molecule is CCN1C[C@H](C(=O)NCCNC(=O)Cc2cccc(F)c2)CC1=O. The fourth-order valence-electron chi connectivity index (χ4n) is 2.68. The third-order valence-corrected chi connectivity index (χ3v) is 3.97. The van der Waals surface area contributed by atoms with Gasteiger partial charge in [-0.3, -0.25) is 14.4 Å². The third kappa shape index (κ3) is 5.04. The number of likely N-dealkylation sites (tertiary alicyclic amines) is 1. The van der Waals surface area contributed by atoms with Gasteiger partial charge in [0.05, 0.1) is 12.3 Å². The minimum atomic E-state index is -0.375. The summed E-state index contributed by atoms with van der Waals surface area (Å²) >= 11 is 0. The van der Waals surface area contributed by atoms with Gasteiger partial charge in [-0.05, 0) is 24.6 Å². The van der Waals surface area contributed by atoms with Crippen molar-refractivity contribution in [3.63, 3.8) is 0 Å². The van der Waals surface area contributed by atoms with Crippen LogP contribution in [0.15, 0.2) is 24.3 Å². The van der Waals surface area contributed by atoms with Crippen molar-refractivity contribution >= 4 is 17.7 Å². The molecule has 0 saturated carbocycles. The number of halogens is 1. The van der Waals surface area contributed by atoms with Gasteiger partial charge in [0.1, 0.15) is 5.82 Å². The van der Waals surface area contributed by atoms with E-state index in [0.29, 0.717) is 25.2 Å². The molecule has 1 fully saturated rings. The van der Waals surface area contributed by atoms with Gasteiger partial charge in [0.15, 0.2) is 0 Å². The highest BCUT2D eigenvalue weighted by Gasteiger charge is 2.32. The fourth-order valence-corrected chi connectivity index (χ4v) is 2.68. The average molecular weight is 335 g/mol. The Balaban J connectivity index is 1.65. The van der Waals surface area contributed by atoms with Gasteiger partial charge in [0.25, 0.3) is 0 Å². The molecule has 6 nitrogen and oxygen atoms in total. The predicted molar refractivity (Wildman–Crippen MR) is 86.5 cm³/mol. The number of carbonyl (C=O) groups excluding carboxylic acids is 3.